The van der Waals surface area contributed by atoms with E-state index in [9.17, 15) is 19.2 Å². The Bertz CT molecular complexity index is 1330. The molecule has 0 fully saturated rings. The van der Waals surface area contributed by atoms with Gasteiger partial charge in [0.1, 0.15) is 17.5 Å². The van der Waals surface area contributed by atoms with Crippen molar-refractivity contribution in [1.82, 2.24) is 0 Å². The first-order chi connectivity index (χ1) is 16.8. The van der Waals surface area contributed by atoms with Crippen LogP contribution < -0.4 is 20.1 Å². The van der Waals surface area contributed by atoms with Gasteiger partial charge in [0, 0.05) is 5.69 Å². The van der Waals surface area contributed by atoms with E-state index in [1.807, 2.05) is 25.1 Å². The molecule has 2 amide bonds. The molecule has 9 heteroatoms. The molecule has 0 bridgehead atoms. The van der Waals surface area contributed by atoms with Crippen molar-refractivity contribution in [1.29, 1.82) is 5.26 Å². The summed E-state index contributed by atoms with van der Waals surface area (Å²) in [6.45, 7) is 1.45. The number of carbonyl (C=O) groups is 2. The molecule has 0 aliphatic carbocycles. The molecule has 35 heavy (non-hydrogen) atoms. The predicted molar refractivity (Wildman–Crippen MR) is 135 cm³/mol. The molecule has 0 atom stereocenters. The maximum absolute atomic E-state index is 13.7. The lowest BCUT2D eigenvalue weighted by atomic mass is 10.1. The minimum Gasteiger partial charge on any atom is -0.493 e. The Balaban J connectivity index is 1.75. The summed E-state index contributed by atoms with van der Waals surface area (Å²) in [5.41, 5.74) is 1.90. The van der Waals surface area contributed by atoms with Gasteiger partial charge in [-0.1, -0.05) is 30.3 Å². The van der Waals surface area contributed by atoms with E-state index in [2.05, 4.69) is 26.6 Å². The second-order valence-electron chi connectivity index (χ2n) is 7.29. The Hall–Kier alpha value is -4.16. The number of para-hydroxylation sites is 2. The monoisotopic (exact) mass is 537 g/mol. The van der Waals surface area contributed by atoms with Crippen molar-refractivity contribution in [3.05, 3.63) is 87.7 Å². The van der Waals surface area contributed by atoms with Gasteiger partial charge in [-0.15, -0.1) is 0 Å². The van der Waals surface area contributed by atoms with E-state index >= 15 is 0 Å². The summed E-state index contributed by atoms with van der Waals surface area (Å²) in [5, 5.41) is 14.7. The van der Waals surface area contributed by atoms with Crippen molar-refractivity contribution in [2.24, 2.45) is 0 Å². The fraction of sp³-hybridized carbons (Fsp3) is 0.115. The van der Waals surface area contributed by atoms with Gasteiger partial charge in [-0.2, -0.15) is 5.26 Å². The van der Waals surface area contributed by atoms with Crippen LogP contribution >= 0.6 is 15.9 Å². The molecular weight excluding hydrogens is 517 g/mol. The average Bonchev–Trinajstić information content (AvgIpc) is 2.84. The van der Waals surface area contributed by atoms with E-state index in [-0.39, 0.29) is 22.8 Å². The number of nitrogens with one attached hydrogen (secondary N) is 2. The molecule has 0 heterocycles. The third-order valence-electron chi connectivity index (χ3n) is 4.82. The zero-order chi connectivity index (χ0) is 25.4. The molecule has 0 radical (unpaired) electrons. The van der Waals surface area contributed by atoms with Crippen molar-refractivity contribution in [2.75, 3.05) is 24.4 Å². The van der Waals surface area contributed by atoms with E-state index in [4.69, 9.17) is 9.47 Å². The zero-order valence-electron chi connectivity index (χ0n) is 18.9. The summed E-state index contributed by atoms with van der Waals surface area (Å²) in [6, 6.07) is 18.1. The first kappa shape index (κ1) is 25.5. The van der Waals surface area contributed by atoms with Crippen LogP contribution in [0, 0.1) is 24.1 Å². The second kappa shape index (κ2) is 11.8. The molecule has 3 rings (SSSR count). The van der Waals surface area contributed by atoms with E-state index in [1.54, 1.807) is 30.3 Å². The SMILES string of the molecule is COc1cc(/C=C(/C#N)C(=O)Nc2ccccc2C)cc(Br)c1OCC(=O)Nc1ccccc1F. The van der Waals surface area contributed by atoms with Gasteiger partial charge in [-0.3, -0.25) is 9.59 Å². The number of nitrogens with zero attached hydrogens (tertiary/aromatic N) is 1. The number of rotatable bonds is 8. The number of nitriles is 1. The maximum atomic E-state index is 13.7. The highest BCUT2D eigenvalue weighted by molar-refractivity contribution is 9.10. The van der Waals surface area contributed by atoms with Gasteiger partial charge in [-0.25, -0.2) is 4.39 Å². The zero-order valence-corrected chi connectivity index (χ0v) is 20.5. The van der Waals surface area contributed by atoms with Gasteiger partial charge < -0.3 is 20.1 Å². The minimum atomic E-state index is -0.562. The van der Waals surface area contributed by atoms with Crippen molar-refractivity contribution in [3.8, 4) is 17.6 Å². The first-order valence-electron chi connectivity index (χ1n) is 10.4. The number of hydrogen-bond acceptors (Lipinski definition) is 5. The number of methoxy groups -OCH3 is 1. The van der Waals surface area contributed by atoms with Crippen LogP contribution in [0.15, 0.2) is 70.7 Å². The van der Waals surface area contributed by atoms with Crippen LogP contribution in [0.5, 0.6) is 11.5 Å². The number of carbonyl (C=O) groups excluding carboxylic acids is 2. The maximum Gasteiger partial charge on any atom is 0.266 e. The predicted octanol–water partition coefficient (Wildman–Crippen LogP) is 5.47. The summed E-state index contributed by atoms with van der Waals surface area (Å²) in [6.07, 6.45) is 1.41. The van der Waals surface area contributed by atoms with Crippen molar-refractivity contribution >= 4 is 45.2 Å². The quantitative estimate of drug-likeness (QED) is 0.293. The molecule has 0 saturated carbocycles. The van der Waals surface area contributed by atoms with Crippen molar-refractivity contribution < 1.29 is 23.5 Å². The van der Waals surface area contributed by atoms with Gasteiger partial charge in [0.15, 0.2) is 18.1 Å². The molecule has 0 spiro atoms. The van der Waals surface area contributed by atoms with Crippen LogP contribution in [0.1, 0.15) is 11.1 Å². The molecule has 0 aliphatic rings. The number of hydrogen-bond donors (Lipinski definition) is 2. The van der Waals surface area contributed by atoms with Crippen molar-refractivity contribution in [3.63, 3.8) is 0 Å². The van der Waals surface area contributed by atoms with Crippen LogP contribution in [0.4, 0.5) is 15.8 Å². The highest BCUT2D eigenvalue weighted by Crippen LogP contribution is 2.37. The number of benzene rings is 3. The van der Waals surface area contributed by atoms with Crippen LogP contribution in [-0.4, -0.2) is 25.5 Å². The first-order valence-corrected chi connectivity index (χ1v) is 11.1. The highest BCUT2D eigenvalue weighted by Gasteiger charge is 2.16. The fourth-order valence-electron chi connectivity index (χ4n) is 3.07. The summed E-state index contributed by atoms with van der Waals surface area (Å²) in [5.74, 6) is -1.18. The molecular formula is C26H21BrFN3O4. The molecule has 0 aromatic heterocycles. The van der Waals surface area contributed by atoms with Gasteiger partial charge >= 0.3 is 0 Å². The number of ether oxygens (including phenoxy) is 2. The molecule has 0 unspecified atom stereocenters. The summed E-state index contributed by atoms with van der Waals surface area (Å²) >= 11 is 3.37. The number of aryl methyl sites for hydroxylation is 1. The Kier molecular flexibility index (Phi) is 8.59. The van der Waals surface area contributed by atoms with Crippen LogP contribution in [0.25, 0.3) is 6.08 Å². The molecule has 178 valence electrons. The Labute approximate surface area is 210 Å². The smallest absolute Gasteiger partial charge is 0.266 e. The lowest BCUT2D eigenvalue weighted by Crippen LogP contribution is -2.21. The van der Waals surface area contributed by atoms with E-state index < -0.39 is 24.2 Å². The minimum absolute atomic E-state index is 0.0422. The molecule has 0 saturated heterocycles. The lowest BCUT2D eigenvalue weighted by Gasteiger charge is -2.14. The molecule has 2 N–H and O–H groups in total. The molecule has 0 aliphatic heterocycles. The lowest BCUT2D eigenvalue weighted by molar-refractivity contribution is -0.118. The number of halogens is 2. The summed E-state index contributed by atoms with van der Waals surface area (Å²) < 4.78 is 25.1. The van der Waals surface area contributed by atoms with Gasteiger partial charge in [0.05, 0.1) is 17.3 Å². The average molecular weight is 538 g/mol. The Morgan fingerprint density at radius 2 is 1.77 bits per heavy atom. The van der Waals surface area contributed by atoms with E-state index in [0.717, 1.165) is 5.56 Å². The Morgan fingerprint density at radius 3 is 2.43 bits per heavy atom. The normalized spacial score (nSPS) is 10.8. The van der Waals surface area contributed by atoms with Crippen LogP contribution in [0.3, 0.4) is 0 Å². The van der Waals surface area contributed by atoms with Crippen molar-refractivity contribution in [2.45, 2.75) is 6.92 Å². The topological polar surface area (TPSA) is 100 Å². The standard InChI is InChI=1S/C26H21BrFN3O4/c1-16-7-3-5-9-21(16)31-26(33)18(14-29)11-17-12-19(27)25(23(13-17)34-2)35-15-24(32)30-22-10-6-4-8-20(22)28/h3-13H,15H2,1-2H3,(H,30,32)(H,31,33)/b18-11-. The summed E-state index contributed by atoms with van der Waals surface area (Å²) in [7, 11) is 1.41. The third-order valence-corrected chi connectivity index (χ3v) is 5.41. The number of amides is 2. The fourth-order valence-corrected chi connectivity index (χ4v) is 3.64. The molecule has 3 aromatic carbocycles. The largest absolute Gasteiger partial charge is 0.493 e. The van der Waals surface area contributed by atoms with E-state index in [0.29, 0.717) is 15.7 Å². The molecule has 7 nitrogen and oxygen atoms in total. The van der Waals surface area contributed by atoms with E-state index in [1.165, 1.54) is 31.4 Å². The molecule has 3 aromatic rings. The van der Waals surface area contributed by atoms with Gasteiger partial charge in [0.2, 0.25) is 0 Å². The Morgan fingerprint density at radius 1 is 1.09 bits per heavy atom. The third kappa shape index (κ3) is 6.68. The number of anilines is 2. The van der Waals surface area contributed by atoms with Crippen LogP contribution in [0.2, 0.25) is 0 Å². The summed E-state index contributed by atoms with van der Waals surface area (Å²) in [4.78, 5) is 24.8. The second-order valence-corrected chi connectivity index (χ2v) is 8.14. The van der Waals surface area contributed by atoms with Gasteiger partial charge in [0.25, 0.3) is 11.8 Å². The van der Waals surface area contributed by atoms with Gasteiger partial charge in [-0.05, 0) is 70.4 Å². The van der Waals surface area contributed by atoms with Crippen LogP contribution in [-0.2, 0) is 9.59 Å². The highest BCUT2D eigenvalue weighted by atomic mass is 79.9.